The molecule has 10 heteroatoms. The summed E-state index contributed by atoms with van der Waals surface area (Å²) in [7, 11) is 0. The van der Waals surface area contributed by atoms with Crippen LogP contribution in [0, 0.1) is 0 Å². The van der Waals surface area contributed by atoms with E-state index in [0.717, 1.165) is 49.4 Å². The molecule has 3 aromatic rings. The van der Waals surface area contributed by atoms with Gasteiger partial charge in [0.2, 0.25) is 5.91 Å². The van der Waals surface area contributed by atoms with Crippen LogP contribution in [0.2, 0.25) is 0 Å². The van der Waals surface area contributed by atoms with Gasteiger partial charge in [-0.25, -0.2) is 9.97 Å². The molecule has 1 aliphatic rings. The summed E-state index contributed by atoms with van der Waals surface area (Å²) >= 11 is 1.15. The summed E-state index contributed by atoms with van der Waals surface area (Å²) in [4.78, 5) is 39.8. The van der Waals surface area contributed by atoms with Crippen molar-refractivity contribution in [3.63, 3.8) is 0 Å². The monoisotopic (exact) mass is 386 g/mol. The quantitative estimate of drug-likeness (QED) is 0.446. The Hall–Kier alpha value is -2.85. The number of carbonyl (C=O) groups excluding carboxylic acids is 1. The number of amides is 1. The normalized spacial score (nSPS) is 14.4. The number of ether oxygens (including phenoxy) is 1. The van der Waals surface area contributed by atoms with Crippen LogP contribution in [0.25, 0.3) is 11.2 Å². The molecule has 1 aliphatic heterocycles. The molecule has 3 heterocycles. The number of carbonyl (C=O) groups is 1. The Balaban J connectivity index is 1.34. The Morgan fingerprint density at radius 2 is 2.04 bits per heavy atom. The van der Waals surface area contributed by atoms with E-state index < -0.39 is 0 Å². The molecule has 4 rings (SSSR count). The molecule has 0 radical (unpaired) electrons. The Bertz CT molecular complexity index is 994. The molecule has 0 unspecified atom stereocenters. The van der Waals surface area contributed by atoms with Crippen LogP contribution in [0.4, 0.5) is 11.4 Å². The van der Waals surface area contributed by atoms with Gasteiger partial charge in [0.25, 0.3) is 5.56 Å². The van der Waals surface area contributed by atoms with Gasteiger partial charge in [-0.2, -0.15) is 0 Å². The standard InChI is InChI=1S/C17H18N6O3S/c24-13(9-27-17-21-15-14(16(25)22-17)18-10-19-15)20-11-1-3-12(4-2-11)23-5-7-26-8-6-23/h1-4,10H,5-9H2,(H,20,24)(H2,18,19,21,22,25). The molecule has 1 aromatic carbocycles. The summed E-state index contributed by atoms with van der Waals surface area (Å²) in [6, 6.07) is 7.73. The van der Waals surface area contributed by atoms with Gasteiger partial charge >= 0.3 is 0 Å². The minimum absolute atomic E-state index is 0.129. The topological polar surface area (TPSA) is 116 Å². The Labute approximate surface area is 158 Å². The number of fused-ring (bicyclic) bond motifs is 1. The van der Waals surface area contributed by atoms with Crippen molar-refractivity contribution in [2.75, 3.05) is 42.3 Å². The van der Waals surface area contributed by atoms with Crippen LogP contribution < -0.4 is 15.8 Å². The van der Waals surface area contributed by atoms with E-state index in [4.69, 9.17) is 4.74 Å². The van der Waals surface area contributed by atoms with Crippen LogP contribution in [0.1, 0.15) is 0 Å². The van der Waals surface area contributed by atoms with Crippen LogP contribution >= 0.6 is 11.8 Å². The van der Waals surface area contributed by atoms with Crippen molar-refractivity contribution in [1.82, 2.24) is 19.9 Å². The van der Waals surface area contributed by atoms with Gasteiger partial charge in [-0.1, -0.05) is 11.8 Å². The van der Waals surface area contributed by atoms with E-state index in [9.17, 15) is 9.59 Å². The highest BCUT2D eigenvalue weighted by atomic mass is 32.2. The first kappa shape index (κ1) is 17.6. The summed E-state index contributed by atoms with van der Waals surface area (Å²) in [6.45, 7) is 3.20. The van der Waals surface area contributed by atoms with E-state index in [2.05, 4.69) is 30.2 Å². The average Bonchev–Trinajstić information content (AvgIpc) is 3.17. The SMILES string of the molecule is O=C(CSc1nc2nc[nH]c2c(=O)[nH]1)Nc1ccc(N2CCOCC2)cc1. The van der Waals surface area contributed by atoms with Crippen LogP contribution in [0.5, 0.6) is 0 Å². The summed E-state index contributed by atoms with van der Waals surface area (Å²) in [6.07, 6.45) is 1.41. The number of hydrogen-bond acceptors (Lipinski definition) is 7. The zero-order valence-electron chi connectivity index (χ0n) is 14.4. The highest BCUT2D eigenvalue weighted by molar-refractivity contribution is 7.99. The number of aromatic amines is 2. The fourth-order valence-corrected chi connectivity index (χ4v) is 3.46. The van der Waals surface area contributed by atoms with Crippen molar-refractivity contribution in [1.29, 1.82) is 0 Å². The number of imidazole rings is 1. The molecule has 0 aliphatic carbocycles. The number of nitrogens with one attached hydrogen (secondary N) is 3. The molecule has 140 valence electrons. The maximum absolute atomic E-state index is 12.2. The van der Waals surface area contributed by atoms with Gasteiger partial charge < -0.3 is 19.9 Å². The zero-order valence-corrected chi connectivity index (χ0v) is 15.2. The molecule has 0 bridgehead atoms. The van der Waals surface area contributed by atoms with Crippen LogP contribution in [-0.2, 0) is 9.53 Å². The van der Waals surface area contributed by atoms with Crippen molar-refractivity contribution in [3.05, 3.63) is 40.9 Å². The fraction of sp³-hybridized carbons (Fsp3) is 0.294. The second kappa shape index (κ2) is 7.80. The third kappa shape index (κ3) is 4.12. The Morgan fingerprint density at radius 3 is 2.81 bits per heavy atom. The van der Waals surface area contributed by atoms with E-state index in [1.807, 2.05) is 24.3 Å². The lowest BCUT2D eigenvalue weighted by Crippen LogP contribution is -2.36. The minimum Gasteiger partial charge on any atom is -0.378 e. The van der Waals surface area contributed by atoms with Crippen molar-refractivity contribution < 1.29 is 9.53 Å². The van der Waals surface area contributed by atoms with E-state index in [0.29, 0.717) is 16.3 Å². The third-order valence-corrected chi connectivity index (χ3v) is 5.01. The lowest BCUT2D eigenvalue weighted by molar-refractivity contribution is -0.113. The molecule has 0 atom stereocenters. The van der Waals surface area contributed by atoms with Crippen molar-refractivity contribution in [2.24, 2.45) is 0 Å². The van der Waals surface area contributed by atoms with Gasteiger partial charge in [0.15, 0.2) is 16.3 Å². The smallest absolute Gasteiger partial charge is 0.277 e. The summed E-state index contributed by atoms with van der Waals surface area (Å²) in [5.41, 5.74) is 2.19. The molecule has 9 nitrogen and oxygen atoms in total. The fourth-order valence-electron chi connectivity index (χ4n) is 2.80. The molecule has 3 N–H and O–H groups in total. The van der Waals surface area contributed by atoms with Crippen LogP contribution in [0.15, 0.2) is 40.5 Å². The van der Waals surface area contributed by atoms with Crippen LogP contribution in [0.3, 0.4) is 0 Å². The van der Waals surface area contributed by atoms with E-state index >= 15 is 0 Å². The van der Waals surface area contributed by atoms with Crippen molar-refractivity contribution in [2.45, 2.75) is 5.16 Å². The predicted octanol–water partition coefficient (Wildman–Crippen LogP) is 1.21. The maximum atomic E-state index is 12.2. The summed E-state index contributed by atoms with van der Waals surface area (Å²) in [5, 5.41) is 3.20. The second-order valence-electron chi connectivity index (χ2n) is 5.96. The number of nitrogens with zero attached hydrogens (tertiary/aromatic N) is 3. The van der Waals surface area contributed by atoms with Gasteiger partial charge in [-0.3, -0.25) is 14.6 Å². The van der Waals surface area contributed by atoms with E-state index in [1.165, 1.54) is 6.33 Å². The molecule has 2 aromatic heterocycles. The number of aromatic nitrogens is 4. The number of benzene rings is 1. The number of hydrogen-bond donors (Lipinski definition) is 3. The molecule has 0 saturated carbocycles. The molecule has 1 amide bonds. The summed E-state index contributed by atoms with van der Waals surface area (Å²) in [5.74, 6) is -0.0479. The molecule has 27 heavy (non-hydrogen) atoms. The van der Waals surface area contributed by atoms with E-state index in [-0.39, 0.29) is 17.2 Å². The van der Waals surface area contributed by atoms with Crippen LogP contribution in [-0.4, -0.2) is 57.9 Å². The van der Waals surface area contributed by atoms with Gasteiger partial charge in [0.05, 0.1) is 25.3 Å². The minimum atomic E-state index is -0.306. The molecular weight excluding hydrogens is 368 g/mol. The first-order valence-corrected chi connectivity index (χ1v) is 9.46. The molecule has 0 spiro atoms. The Kier molecular flexibility index (Phi) is 5.07. The van der Waals surface area contributed by atoms with Crippen molar-refractivity contribution in [3.8, 4) is 0 Å². The van der Waals surface area contributed by atoms with Crippen molar-refractivity contribution >= 4 is 40.2 Å². The number of thioether (sulfide) groups is 1. The maximum Gasteiger partial charge on any atom is 0.277 e. The largest absolute Gasteiger partial charge is 0.378 e. The number of anilines is 2. The first-order chi connectivity index (χ1) is 13.2. The summed E-state index contributed by atoms with van der Waals surface area (Å²) < 4.78 is 5.35. The number of morpholine rings is 1. The second-order valence-corrected chi connectivity index (χ2v) is 6.92. The average molecular weight is 386 g/mol. The van der Waals surface area contributed by atoms with Gasteiger partial charge in [0.1, 0.15) is 0 Å². The van der Waals surface area contributed by atoms with Gasteiger partial charge in [0, 0.05) is 24.5 Å². The third-order valence-electron chi connectivity index (χ3n) is 4.14. The lowest BCUT2D eigenvalue weighted by Gasteiger charge is -2.28. The highest BCUT2D eigenvalue weighted by Crippen LogP contribution is 2.20. The Morgan fingerprint density at radius 1 is 1.26 bits per heavy atom. The predicted molar refractivity (Wildman–Crippen MR) is 103 cm³/mol. The molecule has 1 fully saturated rings. The van der Waals surface area contributed by atoms with Gasteiger partial charge in [-0.15, -0.1) is 0 Å². The number of rotatable bonds is 5. The number of H-pyrrole nitrogens is 2. The molecule has 1 saturated heterocycles. The molecular formula is C17H18N6O3S. The first-order valence-electron chi connectivity index (χ1n) is 8.48. The zero-order chi connectivity index (χ0) is 18.6. The highest BCUT2D eigenvalue weighted by Gasteiger charge is 2.12. The van der Waals surface area contributed by atoms with E-state index in [1.54, 1.807) is 0 Å². The van der Waals surface area contributed by atoms with Gasteiger partial charge in [-0.05, 0) is 24.3 Å². The lowest BCUT2D eigenvalue weighted by atomic mass is 10.2.